The molecule has 1 saturated carbocycles. The van der Waals surface area contributed by atoms with Crippen LogP contribution in [0.25, 0.3) is 0 Å². The van der Waals surface area contributed by atoms with Gasteiger partial charge in [-0.2, -0.15) is 0 Å². The number of carbonyl (C=O) groups is 2. The minimum absolute atomic E-state index is 0.199. The highest BCUT2D eigenvalue weighted by atomic mass is 16.5. The largest absolute Gasteiger partial charge is 0.497 e. The molecular weight excluding hydrogens is 304 g/mol. The fourth-order valence-corrected chi connectivity index (χ4v) is 3.28. The number of rotatable bonds is 4. The molecule has 0 amide bonds. The quantitative estimate of drug-likeness (QED) is 0.605. The molecule has 1 aliphatic rings. The van der Waals surface area contributed by atoms with Crippen molar-refractivity contribution in [1.82, 2.24) is 0 Å². The molecule has 0 spiro atoms. The van der Waals surface area contributed by atoms with Crippen molar-refractivity contribution in [1.29, 1.82) is 0 Å². The Morgan fingerprint density at radius 2 is 1.79 bits per heavy atom. The van der Waals surface area contributed by atoms with Gasteiger partial charge in [0.15, 0.2) is 0 Å². The summed E-state index contributed by atoms with van der Waals surface area (Å²) < 4.78 is 10.9. The number of benzene rings is 1. The summed E-state index contributed by atoms with van der Waals surface area (Å²) in [5.74, 6) is 0.345. The van der Waals surface area contributed by atoms with E-state index in [-0.39, 0.29) is 23.1 Å². The summed E-state index contributed by atoms with van der Waals surface area (Å²) in [6.07, 6.45) is 4.03. The van der Waals surface area contributed by atoms with Crippen LogP contribution < -0.4 is 4.74 Å². The highest BCUT2D eigenvalue weighted by molar-refractivity contribution is 5.90. The number of ketones is 1. The zero-order valence-electron chi connectivity index (χ0n) is 15.1. The second-order valence-electron chi connectivity index (χ2n) is 7.59. The molecule has 1 aliphatic carbocycles. The normalized spacial score (nSPS) is 20.2. The van der Waals surface area contributed by atoms with E-state index >= 15 is 0 Å². The smallest absolute Gasteiger partial charge is 0.338 e. The van der Waals surface area contributed by atoms with Crippen LogP contribution in [0.4, 0.5) is 0 Å². The monoisotopic (exact) mass is 332 g/mol. The van der Waals surface area contributed by atoms with E-state index in [4.69, 9.17) is 9.47 Å². The van der Waals surface area contributed by atoms with Gasteiger partial charge in [0, 0.05) is 6.42 Å². The Morgan fingerprint density at radius 1 is 1.12 bits per heavy atom. The number of hydrogen-bond acceptors (Lipinski definition) is 4. The fourth-order valence-electron chi connectivity index (χ4n) is 3.28. The molecule has 0 saturated heterocycles. The molecule has 1 aromatic carbocycles. The van der Waals surface area contributed by atoms with Gasteiger partial charge >= 0.3 is 5.97 Å². The van der Waals surface area contributed by atoms with Crippen molar-refractivity contribution in [3.63, 3.8) is 0 Å². The molecule has 1 fully saturated rings. The lowest BCUT2D eigenvalue weighted by Gasteiger charge is -2.35. The van der Waals surface area contributed by atoms with Gasteiger partial charge in [-0.15, -0.1) is 0 Å². The molecule has 0 heterocycles. The molecule has 2 unspecified atom stereocenters. The van der Waals surface area contributed by atoms with Gasteiger partial charge in [0.05, 0.1) is 18.6 Å². The molecular formula is C20H28O4. The Balaban J connectivity index is 2.18. The number of hydrogen-bond donors (Lipinski definition) is 0. The Morgan fingerprint density at radius 3 is 2.38 bits per heavy atom. The lowest BCUT2D eigenvalue weighted by Crippen LogP contribution is -2.41. The summed E-state index contributed by atoms with van der Waals surface area (Å²) in [6.45, 7) is 6.07. The third-order valence-corrected chi connectivity index (χ3v) is 4.63. The van der Waals surface area contributed by atoms with Gasteiger partial charge in [0.1, 0.15) is 17.6 Å². The predicted molar refractivity (Wildman–Crippen MR) is 93.2 cm³/mol. The van der Waals surface area contributed by atoms with Crippen LogP contribution in [0, 0.1) is 11.3 Å². The van der Waals surface area contributed by atoms with E-state index in [0.717, 1.165) is 25.7 Å². The van der Waals surface area contributed by atoms with Gasteiger partial charge in [-0.25, -0.2) is 4.79 Å². The highest BCUT2D eigenvalue weighted by Crippen LogP contribution is 2.35. The summed E-state index contributed by atoms with van der Waals surface area (Å²) in [7, 11) is 1.58. The topological polar surface area (TPSA) is 52.6 Å². The van der Waals surface area contributed by atoms with Crippen LogP contribution in [0.15, 0.2) is 24.3 Å². The van der Waals surface area contributed by atoms with Crippen LogP contribution in [-0.4, -0.2) is 25.0 Å². The summed E-state index contributed by atoms with van der Waals surface area (Å²) >= 11 is 0. The maximum absolute atomic E-state index is 12.6. The molecule has 132 valence electrons. The van der Waals surface area contributed by atoms with Crippen molar-refractivity contribution in [2.75, 3.05) is 7.11 Å². The molecule has 0 N–H and O–H groups in total. The van der Waals surface area contributed by atoms with Crippen molar-refractivity contribution in [3.8, 4) is 5.75 Å². The summed E-state index contributed by atoms with van der Waals surface area (Å²) in [5, 5.41) is 0. The average molecular weight is 332 g/mol. The van der Waals surface area contributed by atoms with Crippen LogP contribution in [0.1, 0.15) is 63.2 Å². The minimum atomic E-state index is -0.405. The number of carbonyl (C=O) groups excluding carboxylic acids is 2. The second-order valence-corrected chi connectivity index (χ2v) is 7.59. The number of esters is 1. The number of methoxy groups -OCH3 is 1. The standard InChI is InChI=1S/C20H28O4/c1-20(2,3)18(16-8-6-5-7-9-17(16)21)24-19(22)14-10-12-15(23-4)13-11-14/h10-13,16,18H,5-9H2,1-4H3. The summed E-state index contributed by atoms with van der Waals surface area (Å²) in [6, 6.07) is 6.85. The molecule has 0 aromatic heterocycles. The van der Waals surface area contributed by atoms with Crippen molar-refractivity contribution in [3.05, 3.63) is 29.8 Å². The second kappa shape index (κ2) is 7.82. The third-order valence-electron chi connectivity index (χ3n) is 4.63. The first-order chi connectivity index (χ1) is 11.3. The Kier molecular flexibility index (Phi) is 6.03. The molecule has 2 rings (SSSR count). The van der Waals surface area contributed by atoms with Crippen LogP contribution >= 0.6 is 0 Å². The minimum Gasteiger partial charge on any atom is -0.497 e. The zero-order chi connectivity index (χ0) is 17.7. The first-order valence-electron chi connectivity index (χ1n) is 8.70. The van der Waals surface area contributed by atoms with E-state index in [2.05, 4.69) is 0 Å². The Hall–Kier alpha value is -1.84. The van der Waals surface area contributed by atoms with E-state index < -0.39 is 6.10 Å². The van der Waals surface area contributed by atoms with Gasteiger partial charge in [0.25, 0.3) is 0 Å². The van der Waals surface area contributed by atoms with Crippen LogP contribution in [-0.2, 0) is 9.53 Å². The van der Waals surface area contributed by atoms with Crippen LogP contribution in [0.2, 0.25) is 0 Å². The highest BCUT2D eigenvalue weighted by Gasteiger charge is 2.39. The molecule has 0 aliphatic heterocycles. The van der Waals surface area contributed by atoms with E-state index in [0.29, 0.717) is 17.7 Å². The molecule has 4 nitrogen and oxygen atoms in total. The third kappa shape index (κ3) is 4.59. The van der Waals surface area contributed by atoms with E-state index in [1.807, 2.05) is 20.8 Å². The Bertz CT molecular complexity index is 568. The molecule has 4 heteroatoms. The van der Waals surface area contributed by atoms with E-state index in [9.17, 15) is 9.59 Å². The Labute approximate surface area is 144 Å². The summed E-state index contributed by atoms with van der Waals surface area (Å²) in [4.78, 5) is 25.1. The van der Waals surface area contributed by atoms with Crippen LogP contribution in [0.3, 0.4) is 0 Å². The van der Waals surface area contributed by atoms with Gasteiger partial charge in [-0.1, -0.05) is 33.6 Å². The molecule has 24 heavy (non-hydrogen) atoms. The van der Waals surface area contributed by atoms with Crippen LogP contribution in [0.5, 0.6) is 5.75 Å². The fraction of sp³-hybridized carbons (Fsp3) is 0.600. The first kappa shape index (κ1) is 18.5. The lowest BCUT2D eigenvalue weighted by molar-refractivity contribution is -0.129. The first-order valence-corrected chi connectivity index (χ1v) is 8.70. The molecule has 0 radical (unpaired) electrons. The average Bonchev–Trinajstić information content (AvgIpc) is 2.76. The van der Waals surface area contributed by atoms with Gasteiger partial charge in [0.2, 0.25) is 0 Å². The van der Waals surface area contributed by atoms with E-state index in [1.54, 1.807) is 31.4 Å². The molecule has 2 atom stereocenters. The van der Waals surface area contributed by atoms with Gasteiger partial charge < -0.3 is 9.47 Å². The molecule has 1 aromatic rings. The van der Waals surface area contributed by atoms with Crippen molar-refractivity contribution in [2.45, 2.75) is 59.0 Å². The maximum Gasteiger partial charge on any atom is 0.338 e. The predicted octanol–water partition coefficient (Wildman–Crippen LogP) is 4.42. The maximum atomic E-state index is 12.6. The van der Waals surface area contributed by atoms with Crippen molar-refractivity contribution < 1.29 is 19.1 Å². The van der Waals surface area contributed by atoms with Crippen molar-refractivity contribution in [2.24, 2.45) is 11.3 Å². The summed E-state index contributed by atoms with van der Waals surface area (Å²) in [5.41, 5.74) is 0.193. The number of Topliss-reactive ketones (excluding diaryl/α,β-unsaturated/α-hetero) is 1. The van der Waals surface area contributed by atoms with E-state index in [1.165, 1.54) is 0 Å². The molecule has 0 bridgehead atoms. The zero-order valence-corrected chi connectivity index (χ0v) is 15.1. The van der Waals surface area contributed by atoms with Gasteiger partial charge in [-0.3, -0.25) is 4.79 Å². The van der Waals surface area contributed by atoms with Crippen molar-refractivity contribution >= 4 is 11.8 Å². The SMILES string of the molecule is COc1ccc(C(=O)OC(C2CCCCCC2=O)C(C)(C)C)cc1. The number of ether oxygens (including phenoxy) is 2. The van der Waals surface area contributed by atoms with Gasteiger partial charge in [-0.05, 0) is 42.5 Å². The lowest BCUT2D eigenvalue weighted by atomic mass is 9.77.